The molecule has 0 saturated heterocycles. The Morgan fingerprint density at radius 3 is 2.90 bits per heavy atom. The quantitative estimate of drug-likeness (QED) is 0.616. The number of pyridine rings is 1. The number of aromatic nitrogens is 3. The third-order valence-electron chi connectivity index (χ3n) is 4.99. The zero-order chi connectivity index (χ0) is 20.1. The first-order valence-corrected chi connectivity index (χ1v) is 9.56. The van der Waals surface area contributed by atoms with E-state index in [1.54, 1.807) is 0 Å². The molecule has 2 aromatic rings. The predicted octanol–water partition coefficient (Wildman–Crippen LogP) is 3.65. The second kappa shape index (κ2) is 7.94. The van der Waals surface area contributed by atoms with Gasteiger partial charge in [-0.05, 0) is 28.4 Å². The minimum atomic E-state index is -3.24. The van der Waals surface area contributed by atoms with Crippen LogP contribution in [0.1, 0.15) is 37.2 Å². The average Bonchev–Trinajstić information content (AvgIpc) is 2.96. The van der Waals surface area contributed by atoms with Crippen molar-refractivity contribution < 1.29 is 23.1 Å². The maximum Gasteiger partial charge on any atom is 0.322 e. The van der Waals surface area contributed by atoms with Crippen LogP contribution >= 0.6 is 15.9 Å². The van der Waals surface area contributed by atoms with Crippen LogP contribution in [0.3, 0.4) is 0 Å². The molecule has 2 aliphatic rings. The number of aryl methyl sites for hydroxylation is 1. The molecule has 2 N–H and O–H groups in total. The number of rotatable bonds is 1. The molecule has 0 saturated carbocycles. The summed E-state index contributed by atoms with van der Waals surface area (Å²) in [4.78, 5) is 17.6. The predicted molar refractivity (Wildman–Crippen MR) is 103 cm³/mol. The van der Waals surface area contributed by atoms with Crippen LogP contribution < -0.4 is 5.32 Å². The van der Waals surface area contributed by atoms with Crippen LogP contribution in [-0.2, 0) is 25.4 Å². The van der Waals surface area contributed by atoms with Gasteiger partial charge in [0.15, 0.2) is 5.82 Å². The molecule has 2 amide bonds. The largest absolute Gasteiger partial charge is 0.393 e. The molecule has 0 bridgehead atoms. The number of anilines is 1. The summed E-state index contributed by atoms with van der Waals surface area (Å²) in [6.45, 7) is 0.412. The highest BCUT2D eigenvalue weighted by atomic mass is 79.9. The Morgan fingerprint density at radius 1 is 1.38 bits per heavy atom. The maximum atomic E-state index is 14.7. The standard InChI is InChI=1S/C17H17BrF3N5O2.CH4/c18-15-13(19)12(1-4-22-15)23-16(28)25-5-3-11-10(8-25)14-17(20,21)7-9(27)2-6-26(14)24-11;/h1,4,9,27H,2-3,5-8H2,(H,22,23,28);1H4/t9-;/m0./s1. The van der Waals surface area contributed by atoms with Crippen LogP contribution in [0, 0.1) is 5.82 Å². The van der Waals surface area contributed by atoms with E-state index in [1.807, 2.05) is 0 Å². The first-order valence-electron chi connectivity index (χ1n) is 8.77. The Kier molecular flexibility index (Phi) is 5.91. The summed E-state index contributed by atoms with van der Waals surface area (Å²) in [5, 5.41) is 16.5. The van der Waals surface area contributed by atoms with Gasteiger partial charge >= 0.3 is 6.03 Å². The van der Waals surface area contributed by atoms with E-state index in [1.165, 1.54) is 21.8 Å². The average molecular weight is 476 g/mol. The molecule has 0 unspecified atom stereocenters. The third-order valence-corrected chi connectivity index (χ3v) is 5.54. The summed E-state index contributed by atoms with van der Waals surface area (Å²) >= 11 is 2.95. The number of hydrogen-bond donors (Lipinski definition) is 2. The van der Waals surface area contributed by atoms with Crippen LogP contribution in [0.25, 0.3) is 0 Å². The minimum Gasteiger partial charge on any atom is -0.393 e. The highest BCUT2D eigenvalue weighted by Crippen LogP contribution is 2.40. The lowest BCUT2D eigenvalue weighted by molar-refractivity contribution is -0.0507. The normalized spacial score (nSPS) is 20.2. The molecule has 1 atom stereocenters. The molecule has 0 spiro atoms. The Hall–Kier alpha value is -2.14. The summed E-state index contributed by atoms with van der Waals surface area (Å²) in [5.74, 6) is -3.95. The fourth-order valence-corrected chi connectivity index (χ4v) is 3.98. The lowest BCUT2D eigenvalue weighted by atomic mass is 9.99. The zero-order valence-electron chi connectivity index (χ0n) is 14.6. The van der Waals surface area contributed by atoms with Crippen molar-refractivity contribution >= 4 is 27.6 Å². The second-order valence-electron chi connectivity index (χ2n) is 6.91. The van der Waals surface area contributed by atoms with Gasteiger partial charge in [-0.1, -0.05) is 7.43 Å². The Bertz CT molecular complexity index is 936. The summed E-state index contributed by atoms with van der Waals surface area (Å²) in [5.41, 5.74) is 0.541. The summed E-state index contributed by atoms with van der Waals surface area (Å²) < 4.78 is 44.7. The van der Waals surface area contributed by atoms with Crippen molar-refractivity contribution in [3.8, 4) is 0 Å². The number of aliphatic hydroxyl groups is 1. The van der Waals surface area contributed by atoms with Crippen LogP contribution in [0.2, 0.25) is 0 Å². The van der Waals surface area contributed by atoms with Crippen LogP contribution in [0.5, 0.6) is 0 Å². The first kappa shape index (κ1) is 21.6. The highest BCUT2D eigenvalue weighted by Gasteiger charge is 2.44. The molecule has 158 valence electrons. The van der Waals surface area contributed by atoms with Crippen LogP contribution in [-0.4, -0.2) is 43.5 Å². The smallest absolute Gasteiger partial charge is 0.322 e. The van der Waals surface area contributed by atoms with E-state index in [-0.39, 0.29) is 49.5 Å². The van der Waals surface area contributed by atoms with Gasteiger partial charge in [0.25, 0.3) is 5.92 Å². The molecule has 2 aromatic heterocycles. The van der Waals surface area contributed by atoms with Gasteiger partial charge < -0.3 is 15.3 Å². The van der Waals surface area contributed by atoms with E-state index in [0.29, 0.717) is 17.7 Å². The summed E-state index contributed by atoms with van der Waals surface area (Å²) in [6, 6.07) is 0.717. The molecule has 0 radical (unpaired) electrons. The fraction of sp³-hybridized carbons (Fsp3) is 0.500. The number of urea groups is 1. The first-order chi connectivity index (χ1) is 13.3. The molecule has 0 fully saturated rings. The second-order valence-corrected chi connectivity index (χ2v) is 7.66. The van der Waals surface area contributed by atoms with Gasteiger partial charge in [0, 0.05) is 37.7 Å². The van der Waals surface area contributed by atoms with Crippen molar-refractivity contribution in [3.63, 3.8) is 0 Å². The van der Waals surface area contributed by atoms with E-state index >= 15 is 0 Å². The van der Waals surface area contributed by atoms with Crippen molar-refractivity contribution in [3.05, 3.63) is 39.6 Å². The third kappa shape index (κ3) is 3.97. The van der Waals surface area contributed by atoms with Crippen molar-refractivity contribution in [1.82, 2.24) is 19.7 Å². The van der Waals surface area contributed by atoms with Gasteiger partial charge in [-0.15, -0.1) is 0 Å². The van der Waals surface area contributed by atoms with Crippen molar-refractivity contribution in [2.45, 2.75) is 51.8 Å². The van der Waals surface area contributed by atoms with Gasteiger partial charge in [-0.2, -0.15) is 13.9 Å². The van der Waals surface area contributed by atoms with Crippen molar-refractivity contribution in [1.29, 1.82) is 0 Å². The molecular formula is C18H21BrF3N5O2. The van der Waals surface area contributed by atoms with Gasteiger partial charge in [0.05, 0.1) is 24.0 Å². The number of nitrogens with zero attached hydrogens (tertiary/aromatic N) is 4. The molecule has 11 heteroatoms. The molecule has 29 heavy (non-hydrogen) atoms. The minimum absolute atomic E-state index is 0. The molecular weight excluding hydrogens is 455 g/mol. The SMILES string of the molecule is C.O=C(Nc1ccnc(Br)c1F)N1CCc2nn3c(c2C1)C(F)(F)C[C@@H](O)CC3. The highest BCUT2D eigenvalue weighted by molar-refractivity contribution is 9.10. The lowest BCUT2D eigenvalue weighted by Gasteiger charge is -2.28. The summed E-state index contributed by atoms with van der Waals surface area (Å²) in [7, 11) is 0. The molecule has 0 aliphatic carbocycles. The van der Waals surface area contributed by atoms with E-state index in [9.17, 15) is 23.1 Å². The number of alkyl halides is 2. The Labute approximate surface area is 174 Å². The Morgan fingerprint density at radius 2 is 2.14 bits per heavy atom. The number of carbonyl (C=O) groups excluding carboxylic acids is 1. The molecule has 2 aliphatic heterocycles. The number of halogens is 4. The summed E-state index contributed by atoms with van der Waals surface area (Å²) in [6.07, 6.45) is 0.0743. The molecule has 4 heterocycles. The van der Waals surface area contributed by atoms with Crippen molar-refractivity contribution in [2.24, 2.45) is 0 Å². The van der Waals surface area contributed by atoms with Gasteiger partial charge in [-0.25, -0.2) is 14.2 Å². The number of fused-ring (bicyclic) bond motifs is 3. The van der Waals surface area contributed by atoms with Gasteiger partial charge in [-0.3, -0.25) is 4.68 Å². The number of aliphatic hydroxyl groups excluding tert-OH is 1. The monoisotopic (exact) mass is 475 g/mol. The van der Waals surface area contributed by atoms with Crippen LogP contribution in [0.15, 0.2) is 16.9 Å². The zero-order valence-corrected chi connectivity index (χ0v) is 16.2. The van der Waals surface area contributed by atoms with E-state index in [4.69, 9.17) is 0 Å². The number of hydrogen-bond acceptors (Lipinski definition) is 4. The fourth-order valence-electron chi connectivity index (χ4n) is 3.65. The molecule has 0 aromatic carbocycles. The molecule has 7 nitrogen and oxygen atoms in total. The number of nitrogens with one attached hydrogen (secondary N) is 1. The number of carbonyl (C=O) groups is 1. The lowest BCUT2D eigenvalue weighted by Crippen LogP contribution is -2.39. The van der Waals surface area contributed by atoms with Gasteiger partial charge in [0.1, 0.15) is 10.3 Å². The Balaban J connectivity index is 0.00000240. The van der Waals surface area contributed by atoms with Gasteiger partial charge in [0.2, 0.25) is 0 Å². The van der Waals surface area contributed by atoms with E-state index in [0.717, 1.165) is 0 Å². The number of amides is 2. The van der Waals surface area contributed by atoms with E-state index in [2.05, 4.69) is 31.3 Å². The van der Waals surface area contributed by atoms with Crippen LogP contribution in [0.4, 0.5) is 23.7 Å². The molecule has 4 rings (SSSR count). The van der Waals surface area contributed by atoms with Crippen molar-refractivity contribution in [2.75, 3.05) is 11.9 Å². The maximum absolute atomic E-state index is 14.7. The van der Waals surface area contributed by atoms with E-state index < -0.39 is 30.3 Å². The topological polar surface area (TPSA) is 83.3 Å².